The number of benzene rings is 1. The lowest BCUT2D eigenvalue weighted by molar-refractivity contribution is -0.122. The molecule has 1 atom stereocenters. The Morgan fingerprint density at radius 3 is 2.74 bits per heavy atom. The number of carbonyl (C=O) groups is 2. The maximum atomic E-state index is 13.1. The molecule has 1 aromatic carbocycles. The van der Waals surface area contributed by atoms with Crippen LogP contribution in [0.3, 0.4) is 0 Å². The van der Waals surface area contributed by atoms with Gasteiger partial charge in [0.1, 0.15) is 10.8 Å². The van der Waals surface area contributed by atoms with Crippen LogP contribution in [-0.2, 0) is 32.4 Å². The highest BCUT2D eigenvalue weighted by Gasteiger charge is 2.36. The number of aryl methyl sites for hydroxylation is 1. The molecule has 8 nitrogen and oxygen atoms in total. The number of sulfonamides is 1. The molecule has 0 spiro atoms. The molecule has 0 bridgehead atoms. The monoisotopic (exact) mass is 464 g/mol. The van der Waals surface area contributed by atoms with Crippen molar-refractivity contribution in [3.8, 4) is 5.75 Å². The van der Waals surface area contributed by atoms with Crippen molar-refractivity contribution in [2.75, 3.05) is 29.0 Å². The Kier molecular flexibility index (Phi) is 5.94. The molecule has 0 saturated heterocycles. The number of rotatable bonds is 5. The van der Waals surface area contributed by atoms with Gasteiger partial charge in [-0.2, -0.15) is 0 Å². The van der Waals surface area contributed by atoms with Crippen molar-refractivity contribution < 1.29 is 27.5 Å². The standard InChI is InChI=1S/C21H24N2O6S2/c1-3-28-21(25)18-13-8-4-7-11-17(13)30-20(18)22-19(24)16-12-23(31(2,26)27)14-9-5-6-10-15(14)29-16/h5-6,9-10,16H,3-4,7-8,11-12H2,1-2H3,(H,22,24). The predicted molar refractivity (Wildman–Crippen MR) is 119 cm³/mol. The zero-order valence-electron chi connectivity index (χ0n) is 17.3. The summed E-state index contributed by atoms with van der Waals surface area (Å²) in [5.41, 5.74) is 1.75. The third-order valence-electron chi connectivity index (χ3n) is 5.32. The van der Waals surface area contributed by atoms with Crippen LogP contribution >= 0.6 is 11.3 Å². The van der Waals surface area contributed by atoms with E-state index in [9.17, 15) is 18.0 Å². The van der Waals surface area contributed by atoms with Crippen molar-refractivity contribution in [2.45, 2.75) is 38.7 Å². The largest absolute Gasteiger partial charge is 0.476 e. The predicted octanol–water partition coefficient (Wildman–Crippen LogP) is 2.97. The molecule has 1 amide bonds. The van der Waals surface area contributed by atoms with E-state index >= 15 is 0 Å². The fourth-order valence-electron chi connectivity index (χ4n) is 3.92. The highest BCUT2D eigenvalue weighted by atomic mass is 32.2. The molecule has 0 fully saturated rings. The zero-order valence-corrected chi connectivity index (χ0v) is 19.0. The van der Waals surface area contributed by atoms with Gasteiger partial charge >= 0.3 is 5.97 Å². The van der Waals surface area contributed by atoms with E-state index in [0.29, 0.717) is 22.0 Å². The first kappa shape index (κ1) is 21.6. The second-order valence-electron chi connectivity index (χ2n) is 7.49. The summed E-state index contributed by atoms with van der Waals surface area (Å²) in [6.45, 7) is 1.83. The van der Waals surface area contributed by atoms with Crippen LogP contribution in [0.25, 0.3) is 0 Å². The minimum absolute atomic E-state index is 0.151. The zero-order chi connectivity index (χ0) is 22.2. The Morgan fingerprint density at radius 1 is 1.26 bits per heavy atom. The normalized spacial score (nSPS) is 17.9. The lowest BCUT2D eigenvalue weighted by atomic mass is 9.95. The smallest absolute Gasteiger partial charge is 0.341 e. The summed E-state index contributed by atoms with van der Waals surface area (Å²) in [6, 6.07) is 6.69. The number of hydrogen-bond acceptors (Lipinski definition) is 7. The first-order valence-corrected chi connectivity index (χ1v) is 12.8. The van der Waals surface area contributed by atoms with Crippen molar-refractivity contribution in [1.29, 1.82) is 0 Å². The molecule has 31 heavy (non-hydrogen) atoms. The van der Waals surface area contributed by atoms with E-state index in [-0.39, 0.29) is 13.2 Å². The number of ether oxygens (including phenoxy) is 2. The summed E-state index contributed by atoms with van der Waals surface area (Å²) in [5.74, 6) is -0.646. The number of thiophene rings is 1. The molecule has 0 saturated carbocycles. The quantitative estimate of drug-likeness (QED) is 0.683. The van der Waals surface area contributed by atoms with E-state index in [4.69, 9.17) is 9.47 Å². The van der Waals surface area contributed by atoms with Crippen molar-refractivity contribution in [3.63, 3.8) is 0 Å². The first-order chi connectivity index (χ1) is 14.8. The van der Waals surface area contributed by atoms with Gasteiger partial charge in [0.25, 0.3) is 5.91 Å². The SMILES string of the molecule is CCOC(=O)c1c(NC(=O)C2CN(S(C)(=O)=O)c3ccccc3O2)sc2c1CCCC2. The van der Waals surface area contributed by atoms with Crippen LogP contribution in [0, 0.1) is 0 Å². The molecule has 166 valence electrons. The van der Waals surface area contributed by atoms with Crippen LogP contribution in [0.4, 0.5) is 10.7 Å². The minimum atomic E-state index is -3.61. The molecule has 1 aliphatic carbocycles. The lowest BCUT2D eigenvalue weighted by Crippen LogP contribution is -2.48. The van der Waals surface area contributed by atoms with Gasteiger partial charge in [0.2, 0.25) is 10.0 Å². The average molecular weight is 465 g/mol. The van der Waals surface area contributed by atoms with E-state index in [0.717, 1.165) is 42.4 Å². The van der Waals surface area contributed by atoms with Crippen LogP contribution in [0.5, 0.6) is 5.75 Å². The van der Waals surface area contributed by atoms with Gasteiger partial charge < -0.3 is 14.8 Å². The Balaban J connectivity index is 1.63. The second-order valence-corrected chi connectivity index (χ2v) is 10.5. The van der Waals surface area contributed by atoms with E-state index in [1.165, 1.54) is 15.6 Å². The van der Waals surface area contributed by atoms with Crippen molar-refractivity contribution in [1.82, 2.24) is 0 Å². The highest BCUT2D eigenvalue weighted by Crippen LogP contribution is 2.39. The molecule has 1 unspecified atom stereocenters. The summed E-state index contributed by atoms with van der Waals surface area (Å²) in [7, 11) is -3.61. The highest BCUT2D eigenvalue weighted by molar-refractivity contribution is 7.92. The van der Waals surface area contributed by atoms with Gasteiger partial charge in [0.05, 0.1) is 30.7 Å². The molecule has 1 aromatic heterocycles. The van der Waals surface area contributed by atoms with Crippen LogP contribution < -0.4 is 14.4 Å². The minimum Gasteiger partial charge on any atom is -0.476 e. The Bertz CT molecular complexity index is 1120. The Labute approximate surface area is 185 Å². The molecule has 1 N–H and O–H groups in total. The Hall–Kier alpha value is -2.59. The molecular formula is C21H24N2O6S2. The fraction of sp³-hybridized carbons (Fsp3) is 0.429. The third kappa shape index (κ3) is 4.27. The first-order valence-electron chi connectivity index (χ1n) is 10.2. The molecular weight excluding hydrogens is 440 g/mol. The van der Waals surface area contributed by atoms with Crippen LogP contribution in [-0.4, -0.2) is 45.8 Å². The van der Waals surface area contributed by atoms with E-state index in [2.05, 4.69) is 5.32 Å². The third-order valence-corrected chi connectivity index (χ3v) is 7.67. The van der Waals surface area contributed by atoms with Gasteiger partial charge in [-0.15, -0.1) is 11.3 Å². The van der Waals surface area contributed by atoms with Gasteiger partial charge in [-0.3, -0.25) is 9.10 Å². The lowest BCUT2D eigenvalue weighted by Gasteiger charge is -2.33. The Morgan fingerprint density at radius 2 is 2.00 bits per heavy atom. The molecule has 10 heteroatoms. The summed E-state index contributed by atoms with van der Waals surface area (Å²) in [4.78, 5) is 26.8. The number of nitrogens with zero attached hydrogens (tertiary/aromatic N) is 1. The number of nitrogens with one attached hydrogen (secondary N) is 1. The summed E-state index contributed by atoms with van der Waals surface area (Å²) in [5, 5.41) is 3.25. The van der Waals surface area contributed by atoms with Crippen molar-refractivity contribution in [2.24, 2.45) is 0 Å². The number of fused-ring (bicyclic) bond motifs is 2. The molecule has 2 aliphatic rings. The van der Waals surface area contributed by atoms with E-state index in [1.807, 2.05) is 0 Å². The van der Waals surface area contributed by atoms with E-state index in [1.54, 1.807) is 31.2 Å². The summed E-state index contributed by atoms with van der Waals surface area (Å²) in [6.07, 6.45) is 3.68. The number of hydrogen-bond donors (Lipinski definition) is 1. The second kappa shape index (κ2) is 8.51. The maximum Gasteiger partial charge on any atom is 0.341 e. The van der Waals surface area contributed by atoms with Gasteiger partial charge in [0.15, 0.2) is 6.10 Å². The maximum absolute atomic E-state index is 13.1. The number of amides is 1. The molecule has 1 aliphatic heterocycles. The van der Waals surface area contributed by atoms with Crippen molar-refractivity contribution in [3.05, 3.63) is 40.3 Å². The molecule has 2 heterocycles. The summed E-state index contributed by atoms with van der Waals surface area (Å²) < 4.78 is 36.8. The number of anilines is 2. The van der Waals surface area contributed by atoms with E-state index < -0.39 is 28.0 Å². The number of para-hydroxylation sites is 2. The molecule has 0 radical (unpaired) electrons. The summed E-state index contributed by atoms with van der Waals surface area (Å²) >= 11 is 1.38. The molecule has 2 aromatic rings. The average Bonchev–Trinajstić information content (AvgIpc) is 3.10. The van der Waals surface area contributed by atoms with Crippen LogP contribution in [0.2, 0.25) is 0 Å². The van der Waals surface area contributed by atoms with Gasteiger partial charge in [0, 0.05) is 4.88 Å². The fourth-order valence-corrected chi connectivity index (χ4v) is 6.11. The van der Waals surface area contributed by atoms with Gasteiger partial charge in [-0.1, -0.05) is 12.1 Å². The van der Waals surface area contributed by atoms with Crippen LogP contribution in [0.15, 0.2) is 24.3 Å². The van der Waals surface area contributed by atoms with Gasteiger partial charge in [-0.05, 0) is 50.3 Å². The van der Waals surface area contributed by atoms with Gasteiger partial charge in [-0.25, -0.2) is 13.2 Å². The van der Waals surface area contributed by atoms with Crippen molar-refractivity contribution >= 4 is 43.9 Å². The number of esters is 1. The van der Waals surface area contributed by atoms with Crippen LogP contribution in [0.1, 0.15) is 40.6 Å². The topological polar surface area (TPSA) is 102 Å². The molecule has 4 rings (SSSR count). The number of carbonyl (C=O) groups excluding carboxylic acids is 2.